The molecule has 1 saturated heterocycles. The zero-order valence-corrected chi connectivity index (χ0v) is 12.1. The van der Waals surface area contributed by atoms with Gasteiger partial charge in [-0.15, -0.1) is 0 Å². The topological polar surface area (TPSA) is 61.3 Å². The van der Waals surface area contributed by atoms with Gasteiger partial charge in [-0.05, 0) is 19.3 Å². The van der Waals surface area contributed by atoms with Gasteiger partial charge in [-0.1, -0.05) is 13.8 Å². The van der Waals surface area contributed by atoms with Crippen LogP contribution in [0, 0.1) is 5.92 Å². The van der Waals surface area contributed by atoms with Gasteiger partial charge in [0.2, 0.25) is 0 Å². The van der Waals surface area contributed by atoms with Crippen LogP contribution in [0.15, 0.2) is 6.33 Å². The molecule has 0 spiro atoms. The first-order valence-electron chi connectivity index (χ1n) is 7.11. The van der Waals surface area contributed by atoms with E-state index in [1.807, 2.05) is 0 Å². The maximum Gasteiger partial charge on any atom is 0.137 e. The molecular weight excluding hydrogens is 240 g/mol. The Kier molecular flexibility index (Phi) is 4.58. The minimum atomic E-state index is 0.263. The second-order valence-corrected chi connectivity index (χ2v) is 5.43. The third-order valence-electron chi connectivity index (χ3n) is 3.63. The van der Waals surface area contributed by atoms with Gasteiger partial charge in [-0.2, -0.15) is 0 Å². The van der Waals surface area contributed by atoms with Crippen molar-refractivity contribution in [3.63, 3.8) is 0 Å². The van der Waals surface area contributed by atoms with Crippen LogP contribution in [0.1, 0.15) is 38.7 Å². The fourth-order valence-electron chi connectivity index (χ4n) is 2.65. The SMILES string of the molecule is CCNc1ncnc(N2CCC(CO)C2)c1C(C)C. The highest BCUT2D eigenvalue weighted by Gasteiger charge is 2.26. The Morgan fingerprint density at radius 1 is 1.47 bits per heavy atom. The fourth-order valence-corrected chi connectivity index (χ4v) is 2.65. The molecular formula is C14H24N4O. The lowest BCUT2D eigenvalue weighted by Crippen LogP contribution is -2.24. The molecule has 2 heterocycles. The van der Waals surface area contributed by atoms with Crippen LogP contribution in [0.25, 0.3) is 0 Å². The monoisotopic (exact) mass is 264 g/mol. The Morgan fingerprint density at radius 3 is 2.84 bits per heavy atom. The van der Waals surface area contributed by atoms with Gasteiger partial charge >= 0.3 is 0 Å². The number of rotatable bonds is 5. The molecule has 0 aromatic carbocycles. The fraction of sp³-hybridized carbons (Fsp3) is 0.714. The molecule has 1 aliphatic rings. The van der Waals surface area contributed by atoms with Gasteiger partial charge in [0.15, 0.2) is 0 Å². The summed E-state index contributed by atoms with van der Waals surface area (Å²) < 4.78 is 0. The van der Waals surface area contributed by atoms with E-state index in [0.717, 1.165) is 37.7 Å². The molecule has 0 saturated carbocycles. The highest BCUT2D eigenvalue weighted by atomic mass is 16.3. The van der Waals surface area contributed by atoms with Gasteiger partial charge < -0.3 is 15.3 Å². The molecule has 1 unspecified atom stereocenters. The van der Waals surface area contributed by atoms with Crippen LogP contribution in [0.3, 0.4) is 0 Å². The van der Waals surface area contributed by atoms with Crippen molar-refractivity contribution in [3.05, 3.63) is 11.9 Å². The Morgan fingerprint density at radius 2 is 2.26 bits per heavy atom. The van der Waals surface area contributed by atoms with Crippen molar-refractivity contribution in [1.82, 2.24) is 9.97 Å². The molecule has 1 aromatic rings. The summed E-state index contributed by atoms with van der Waals surface area (Å²) in [7, 11) is 0. The first kappa shape index (κ1) is 14.1. The zero-order valence-electron chi connectivity index (χ0n) is 12.1. The van der Waals surface area contributed by atoms with Crippen molar-refractivity contribution in [1.29, 1.82) is 0 Å². The molecule has 1 aromatic heterocycles. The minimum absolute atomic E-state index is 0.263. The molecule has 5 nitrogen and oxygen atoms in total. The van der Waals surface area contributed by atoms with E-state index in [-0.39, 0.29) is 6.61 Å². The number of nitrogens with one attached hydrogen (secondary N) is 1. The van der Waals surface area contributed by atoms with Crippen LogP contribution >= 0.6 is 0 Å². The summed E-state index contributed by atoms with van der Waals surface area (Å²) in [6, 6.07) is 0. The van der Waals surface area contributed by atoms with E-state index >= 15 is 0 Å². The van der Waals surface area contributed by atoms with Crippen LogP contribution in [-0.4, -0.2) is 41.3 Å². The van der Waals surface area contributed by atoms with Gasteiger partial charge in [0.1, 0.15) is 18.0 Å². The Labute approximate surface area is 115 Å². The summed E-state index contributed by atoms with van der Waals surface area (Å²) in [6.07, 6.45) is 2.67. The predicted octanol–water partition coefficient (Wildman–Crippen LogP) is 1.85. The molecule has 1 atom stereocenters. The molecule has 2 N–H and O–H groups in total. The van der Waals surface area contributed by atoms with Gasteiger partial charge in [0, 0.05) is 37.7 Å². The van der Waals surface area contributed by atoms with E-state index < -0.39 is 0 Å². The molecule has 1 fully saturated rings. The van der Waals surface area contributed by atoms with Crippen LogP contribution < -0.4 is 10.2 Å². The number of aliphatic hydroxyl groups is 1. The number of aliphatic hydroxyl groups excluding tert-OH is 1. The highest BCUT2D eigenvalue weighted by molar-refractivity contribution is 5.60. The Bertz CT molecular complexity index is 422. The first-order chi connectivity index (χ1) is 9.17. The van der Waals surface area contributed by atoms with Crippen LogP contribution in [0.2, 0.25) is 0 Å². The third-order valence-corrected chi connectivity index (χ3v) is 3.63. The lowest BCUT2D eigenvalue weighted by molar-refractivity contribution is 0.238. The van der Waals surface area contributed by atoms with Gasteiger partial charge in [0.05, 0.1) is 0 Å². The average molecular weight is 264 g/mol. The quantitative estimate of drug-likeness (QED) is 0.850. The molecule has 0 amide bonds. The molecule has 19 heavy (non-hydrogen) atoms. The van der Waals surface area contributed by atoms with Crippen LogP contribution in [0.5, 0.6) is 0 Å². The van der Waals surface area contributed by atoms with Crippen LogP contribution in [0.4, 0.5) is 11.6 Å². The van der Waals surface area contributed by atoms with Gasteiger partial charge in [-0.25, -0.2) is 9.97 Å². The van der Waals surface area contributed by atoms with Gasteiger partial charge in [-0.3, -0.25) is 0 Å². The number of anilines is 2. The predicted molar refractivity (Wildman–Crippen MR) is 77.7 cm³/mol. The summed E-state index contributed by atoms with van der Waals surface area (Å²) in [6.45, 7) is 9.38. The van der Waals surface area contributed by atoms with E-state index in [0.29, 0.717) is 11.8 Å². The third kappa shape index (κ3) is 2.97. The molecule has 0 bridgehead atoms. The molecule has 106 valence electrons. The summed E-state index contributed by atoms with van der Waals surface area (Å²) in [5.41, 5.74) is 1.18. The molecule has 2 rings (SSSR count). The second kappa shape index (κ2) is 6.19. The number of hydrogen-bond acceptors (Lipinski definition) is 5. The number of aromatic nitrogens is 2. The normalized spacial score (nSPS) is 19.2. The van der Waals surface area contributed by atoms with Crippen molar-refractivity contribution < 1.29 is 5.11 Å². The Balaban J connectivity index is 2.31. The average Bonchev–Trinajstić information content (AvgIpc) is 2.87. The van der Waals surface area contributed by atoms with E-state index in [1.165, 1.54) is 5.56 Å². The summed E-state index contributed by atoms with van der Waals surface area (Å²) in [4.78, 5) is 11.1. The van der Waals surface area contributed by atoms with Crippen molar-refractivity contribution in [2.45, 2.75) is 33.1 Å². The molecule has 0 aliphatic carbocycles. The molecule has 1 aliphatic heterocycles. The van der Waals surface area contributed by atoms with Crippen LogP contribution in [-0.2, 0) is 0 Å². The van der Waals surface area contributed by atoms with Crippen molar-refractivity contribution in [2.75, 3.05) is 36.5 Å². The van der Waals surface area contributed by atoms with Crippen molar-refractivity contribution in [3.8, 4) is 0 Å². The summed E-state index contributed by atoms with van der Waals surface area (Å²) in [5, 5.41) is 12.6. The maximum absolute atomic E-state index is 9.28. The van der Waals surface area contributed by atoms with Gasteiger partial charge in [0.25, 0.3) is 0 Å². The zero-order chi connectivity index (χ0) is 13.8. The maximum atomic E-state index is 9.28. The van der Waals surface area contributed by atoms with E-state index in [4.69, 9.17) is 0 Å². The van der Waals surface area contributed by atoms with Crippen molar-refractivity contribution >= 4 is 11.6 Å². The summed E-state index contributed by atoms with van der Waals surface area (Å²) >= 11 is 0. The van der Waals surface area contributed by atoms with E-state index in [9.17, 15) is 5.11 Å². The first-order valence-corrected chi connectivity index (χ1v) is 7.11. The Hall–Kier alpha value is -1.36. The lowest BCUT2D eigenvalue weighted by Gasteiger charge is -2.24. The standard InChI is InChI=1S/C14H24N4O/c1-4-15-13-12(10(2)3)14(17-9-16-13)18-6-5-11(7-18)8-19/h9-11,19H,4-8H2,1-3H3,(H,15,16,17). The highest BCUT2D eigenvalue weighted by Crippen LogP contribution is 2.33. The number of nitrogens with zero attached hydrogens (tertiary/aromatic N) is 3. The van der Waals surface area contributed by atoms with Crippen molar-refractivity contribution in [2.24, 2.45) is 5.92 Å². The number of hydrogen-bond donors (Lipinski definition) is 2. The summed E-state index contributed by atoms with van der Waals surface area (Å²) in [5.74, 6) is 2.71. The van der Waals surface area contributed by atoms with E-state index in [1.54, 1.807) is 6.33 Å². The smallest absolute Gasteiger partial charge is 0.137 e. The van der Waals surface area contributed by atoms with E-state index in [2.05, 4.69) is 41.0 Å². The minimum Gasteiger partial charge on any atom is -0.396 e. The molecule has 5 heteroatoms. The molecule has 0 radical (unpaired) electrons. The largest absolute Gasteiger partial charge is 0.396 e. The lowest BCUT2D eigenvalue weighted by atomic mass is 10.0. The second-order valence-electron chi connectivity index (χ2n) is 5.43.